The van der Waals surface area contributed by atoms with E-state index >= 15 is 0 Å². The SMILES string of the molecule is N#Cc1c(NC(=O)COC(=O)C2COc3ccccc3O2)sc2c1CCCC2. The standard InChI is InChI=1S/C20H18N2O5S/c21-9-13-12-5-1-4-8-17(12)28-19(13)22-18(23)11-26-20(24)16-10-25-14-6-2-3-7-15(14)27-16/h2-3,6-7,16H,1,4-5,8,10-11H2,(H,22,23). The fraction of sp³-hybridized carbons (Fsp3) is 0.350. The third-order valence-corrected chi connectivity index (χ3v) is 5.86. The number of benzene rings is 1. The molecule has 2 aliphatic rings. The molecular weight excluding hydrogens is 380 g/mol. The molecule has 2 aromatic rings. The lowest BCUT2D eigenvalue weighted by atomic mass is 9.96. The Kier molecular flexibility index (Phi) is 5.17. The van der Waals surface area contributed by atoms with Crippen molar-refractivity contribution >= 4 is 28.2 Å². The Hall–Kier alpha value is -3.05. The van der Waals surface area contributed by atoms with Gasteiger partial charge < -0.3 is 19.5 Å². The molecular formula is C20H18N2O5S. The van der Waals surface area contributed by atoms with Gasteiger partial charge in [-0.25, -0.2) is 4.79 Å². The van der Waals surface area contributed by atoms with Gasteiger partial charge in [0.25, 0.3) is 5.91 Å². The summed E-state index contributed by atoms with van der Waals surface area (Å²) in [7, 11) is 0. The summed E-state index contributed by atoms with van der Waals surface area (Å²) in [5, 5.41) is 12.7. The number of fused-ring (bicyclic) bond motifs is 2. The first-order valence-electron chi connectivity index (χ1n) is 9.05. The minimum atomic E-state index is -0.925. The van der Waals surface area contributed by atoms with Gasteiger partial charge >= 0.3 is 5.97 Å². The molecule has 4 rings (SSSR count). The first-order chi connectivity index (χ1) is 13.7. The molecule has 1 aromatic heterocycles. The Balaban J connectivity index is 1.33. The summed E-state index contributed by atoms with van der Waals surface area (Å²) in [6.07, 6.45) is 3.01. The predicted octanol–water partition coefficient (Wildman–Crippen LogP) is 2.82. The second-order valence-electron chi connectivity index (χ2n) is 6.55. The van der Waals surface area contributed by atoms with E-state index in [0.717, 1.165) is 36.1 Å². The summed E-state index contributed by atoms with van der Waals surface area (Å²) >= 11 is 1.43. The van der Waals surface area contributed by atoms with Gasteiger partial charge in [-0.2, -0.15) is 5.26 Å². The van der Waals surface area contributed by atoms with Crippen molar-refractivity contribution in [2.24, 2.45) is 0 Å². The van der Waals surface area contributed by atoms with Crippen LogP contribution < -0.4 is 14.8 Å². The molecule has 1 unspecified atom stereocenters. The van der Waals surface area contributed by atoms with Crippen LogP contribution >= 0.6 is 11.3 Å². The van der Waals surface area contributed by atoms with Gasteiger partial charge in [0.15, 0.2) is 18.1 Å². The van der Waals surface area contributed by atoms with Crippen LogP contribution in [0.25, 0.3) is 0 Å². The van der Waals surface area contributed by atoms with Gasteiger partial charge in [-0.1, -0.05) is 12.1 Å². The van der Waals surface area contributed by atoms with Crippen molar-refractivity contribution in [2.75, 3.05) is 18.5 Å². The number of amides is 1. The molecule has 1 aliphatic carbocycles. The van der Waals surface area contributed by atoms with Crippen LogP contribution in [0.5, 0.6) is 11.5 Å². The molecule has 1 atom stereocenters. The molecule has 1 aromatic carbocycles. The summed E-state index contributed by atoms with van der Waals surface area (Å²) in [5.41, 5.74) is 1.57. The van der Waals surface area contributed by atoms with E-state index in [1.165, 1.54) is 11.3 Å². The third kappa shape index (κ3) is 3.66. The molecule has 0 saturated heterocycles. The van der Waals surface area contributed by atoms with Crippen molar-refractivity contribution in [1.29, 1.82) is 5.26 Å². The van der Waals surface area contributed by atoms with Crippen LogP contribution in [0, 0.1) is 11.3 Å². The van der Waals surface area contributed by atoms with Gasteiger partial charge in [0, 0.05) is 4.88 Å². The number of nitrogens with one attached hydrogen (secondary N) is 1. The Bertz CT molecular complexity index is 962. The number of thiophene rings is 1. The van der Waals surface area contributed by atoms with Crippen LogP contribution in [0.4, 0.5) is 5.00 Å². The number of carbonyl (C=O) groups excluding carboxylic acids is 2. The fourth-order valence-corrected chi connectivity index (χ4v) is 4.56. The van der Waals surface area contributed by atoms with Crippen molar-refractivity contribution in [2.45, 2.75) is 31.8 Å². The Labute approximate surface area is 165 Å². The van der Waals surface area contributed by atoms with Gasteiger partial charge in [0.2, 0.25) is 6.10 Å². The van der Waals surface area contributed by atoms with E-state index in [0.29, 0.717) is 22.1 Å². The number of anilines is 1. The zero-order valence-electron chi connectivity index (χ0n) is 15.0. The predicted molar refractivity (Wildman–Crippen MR) is 102 cm³/mol. The largest absolute Gasteiger partial charge is 0.485 e. The minimum Gasteiger partial charge on any atom is -0.485 e. The molecule has 28 heavy (non-hydrogen) atoms. The molecule has 1 N–H and O–H groups in total. The van der Waals surface area contributed by atoms with Crippen molar-refractivity contribution < 1.29 is 23.8 Å². The second kappa shape index (κ2) is 7.90. The van der Waals surface area contributed by atoms with Gasteiger partial charge in [-0.15, -0.1) is 11.3 Å². The summed E-state index contributed by atoms with van der Waals surface area (Å²) < 4.78 is 16.1. The summed E-state index contributed by atoms with van der Waals surface area (Å²) in [4.78, 5) is 25.6. The monoisotopic (exact) mass is 398 g/mol. The second-order valence-corrected chi connectivity index (χ2v) is 7.65. The quantitative estimate of drug-likeness (QED) is 0.796. The molecule has 0 spiro atoms. The lowest BCUT2D eigenvalue weighted by Crippen LogP contribution is -2.39. The van der Waals surface area contributed by atoms with Crippen LogP contribution in [-0.4, -0.2) is 31.2 Å². The summed E-state index contributed by atoms with van der Waals surface area (Å²) in [6.45, 7) is -0.429. The highest BCUT2D eigenvalue weighted by atomic mass is 32.1. The summed E-state index contributed by atoms with van der Waals surface area (Å²) in [6, 6.07) is 9.22. The van der Waals surface area contributed by atoms with E-state index in [4.69, 9.17) is 14.2 Å². The Morgan fingerprint density at radius 2 is 2.04 bits per heavy atom. The highest BCUT2D eigenvalue weighted by Gasteiger charge is 2.29. The van der Waals surface area contributed by atoms with E-state index < -0.39 is 24.6 Å². The summed E-state index contributed by atoms with van der Waals surface area (Å²) in [5.74, 6) is -0.130. The van der Waals surface area contributed by atoms with Crippen molar-refractivity contribution in [3.05, 3.63) is 40.3 Å². The van der Waals surface area contributed by atoms with E-state index in [-0.39, 0.29) is 6.61 Å². The molecule has 1 amide bonds. The van der Waals surface area contributed by atoms with Gasteiger partial charge in [0.1, 0.15) is 17.7 Å². The molecule has 0 radical (unpaired) electrons. The van der Waals surface area contributed by atoms with Crippen LogP contribution in [0.3, 0.4) is 0 Å². The number of rotatable bonds is 4. The number of aryl methyl sites for hydroxylation is 1. The van der Waals surface area contributed by atoms with Crippen LogP contribution in [-0.2, 0) is 27.2 Å². The smallest absolute Gasteiger partial charge is 0.351 e. The topological polar surface area (TPSA) is 97.7 Å². The first kappa shape index (κ1) is 18.3. The highest BCUT2D eigenvalue weighted by molar-refractivity contribution is 7.16. The van der Waals surface area contributed by atoms with Gasteiger partial charge in [0.05, 0.1) is 5.56 Å². The maximum Gasteiger partial charge on any atom is 0.351 e. The Morgan fingerprint density at radius 1 is 1.25 bits per heavy atom. The number of ether oxygens (including phenoxy) is 3. The van der Waals surface area contributed by atoms with E-state index in [2.05, 4.69) is 11.4 Å². The van der Waals surface area contributed by atoms with Crippen LogP contribution in [0.2, 0.25) is 0 Å². The average Bonchev–Trinajstić information content (AvgIpc) is 3.08. The molecule has 2 heterocycles. The fourth-order valence-electron chi connectivity index (χ4n) is 3.30. The zero-order valence-corrected chi connectivity index (χ0v) is 15.8. The highest BCUT2D eigenvalue weighted by Crippen LogP contribution is 2.37. The number of carbonyl (C=O) groups is 2. The third-order valence-electron chi connectivity index (χ3n) is 4.65. The average molecular weight is 398 g/mol. The minimum absolute atomic E-state index is 0.0215. The molecule has 0 saturated carbocycles. The number of hydrogen-bond acceptors (Lipinski definition) is 7. The molecule has 0 fully saturated rings. The van der Waals surface area contributed by atoms with Crippen LogP contribution in [0.15, 0.2) is 24.3 Å². The number of para-hydroxylation sites is 2. The molecule has 7 nitrogen and oxygen atoms in total. The number of nitriles is 1. The van der Waals surface area contributed by atoms with E-state index in [9.17, 15) is 14.9 Å². The number of esters is 1. The van der Waals surface area contributed by atoms with Crippen molar-refractivity contribution in [3.8, 4) is 17.6 Å². The first-order valence-corrected chi connectivity index (χ1v) is 9.87. The zero-order chi connectivity index (χ0) is 19.5. The van der Waals surface area contributed by atoms with Gasteiger partial charge in [-0.3, -0.25) is 4.79 Å². The van der Waals surface area contributed by atoms with Crippen molar-refractivity contribution in [3.63, 3.8) is 0 Å². The van der Waals surface area contributed by atoms with E-state index in [1.807, 2.05) is 6.07 Å². The molecule has 1 aliphatic heterocycles. The van der Waals surface area contributed by atoms with E-state index in [1.54, 1.807) is 18.2 Å². The van der Waals surface area contributed by atoms with Crippen LogP contribution in [0.1, 0.15) is 28.8 Å². The van der Waals surface area contributed by atoms with Gasteiger partial charge in [-0.05, 0) is 43.4 Å². The number of nitrogens with zero attached hydrogens (tertiary/aromatic N) is 1. The van der Waals surface area contributed by atoms with Crippen molar-refractivity contribution in [1.82, 2.24) is 0 Å². The lowest BCUT2D eigenvalue weighted by Gasteiger charge is -2.24. The molecule has 8 heteroatoms. The number of hydrogen-bond donors (Lipinski definition) is 1. The maximum absolute atomic E-state index is 12.2. The lowest BCUT2D eigenvalue weighted by molar-refractivity contribution is -0.156. The maximum atomic E-state index is 12.2. The molecule has 0 bridgehead atoms. The Morgan fingerprint density at radius 3 is 2.86 bits per heavy atom. The molecule has 144 valence electrons. The normalized spacial score (nSPS) is 17.2.